The van der Waals surface area contributed by atoms with Gasteiger partial charge in [-0.05, 0) is 0 Å². The van der Waals surface area contributed by atoms with Crippen LogP contribution in [0.4, 0.5) is 5.69 Å². The van der Waals surface area contributed by atoms with Crippen LogP contribution in [0.25, 0.3) is 11.3 Å². The van der Waals surface area contributed by atoms with Gasteiger partial charge in [-0.2, -0.15) is 8.75 Å². The van der Waals surface area contributed by atoms with Crippen LogP contribution in [-0.4, -0.2) is 19.6 Å². The minimum absolute atomic E-state index is 0.183. The second-order valence-corrected chi connectivity index (χ2v) is 3.71. The molecular formula is C9H3N3O5S-2. The number of nitro benzene ring substituents is 1. The number of non-ortho nitro benzene ring substituents is 1. The molecule has 2 aromatic rings. The van der Waals surface area contributed by atoms with E-state index in [4.69, 9.17) is 0 Å². The number of rotatable bonds is 3. The second kappa shape index (κ2) is 4.37. The number of carboxylic acid groups (broad SMARTS) is 1. The number of aromatic carboxylic acids is 1. The Labute approximate surface area is 104 Å². The Morgan fingerprint density at radius 3 is 2.67 bits per heavy atom. The van der Waals surface area contributed by atoms with Crippen LogP contribution >= 0.6 is 11.7 Å². The maximum absolute atomic E-state index is 11.6. The van der Waals surface area contributed by atoms with Gasteiger partial charge in [-0.1, -0.05) is 11.8 Å². The van der Waals surface area contributed by atoms with Crippen molar-refractivity contribution in [1.82, 2.24) is 8.75 Å². The Morgan fingerprint density at radius 2 is 2.06 bits per heavy atom. The summed E-state index contributed by atoms with van der Waals surface area (Å²) in [5.41, 5.74) is -1.23. The van der Waals surface area contributed by atoms with Crippen molar-refractivity contribution in [3.8, 4) is 17.0 Å². The molecule has 0 aliphatic heterocycles. The Balaban J connectivity index is 2.63. The van der Waals surface area contributed by atoms with Crippen LogP contribution in [0.15, 0.2) is 18.2 Å². The molecule has 18 heavy (non-hydrogen) atoms. The molecule has 0 aliphatic carbocycles. The number of benzene rings is 1. The van der Waals surface area contributed by atoms with Crippen molar-refractivity contribution in [1.29, 1.82) is 0 Å². The van der Waals surface area contributed by atoms with E-state index in [0.717, 1.165) is 18.2 Å². The van der Waals surface area contributed by atoms with Gasteiger partial charge in [-0.15, -0.1) is 0 Å². The summed E-state index contributed by atoms with van der Waals surface area (Å²) in [5, 5.41) is 32.9. The van der Waals surface area contributed by atoms with Crippen LogP contribution in [0, 0.1) is 10.1 Å². The highest BCUT2D eigenvalue weighted by atomic mass is 32.1. The van der Waals surface area contributed by atoms with E-state index in [1.165, 1.54) is 0 Å². The summed E-state index contributed by atoms with van der Waals surface area (Å²) in [7, 11) is 0. The van der Waals surface area contributed by atoms with Crippen molar-refractivity contribution in [2.75, 3.05) is 0 Å². The molecule has 0 bridgehead atoms. The normalized spacial score (nSPS) is 10.2. The van der Waals surface area contributed by atoms with Crippen LogP contribution in [-0.2, 0) is 0 Å². The van der Waals surface area contributed by atoms with Gasteiger partial charge in [-0.3, -0.25) is 10.1 Å². The van der Waals surface area contributed by atoms with Crippen molar-refractivity contribution in [2.45, 2.75) is 0 Å². The van der Waals surface area contributed by atoms with Crippen molar-refractivity contribution in [3.63, 3.8) is 0 Å². The molecule has 0 unspecified atom stereocenters. The highest BCUT2D eigenvalue weighted by Gasteiger charge is 2.15. The first-order valence-corrected chi connectivity index (χ1v) is 5.23. The van der Waals surface area contributed by atoms with Gasteiger partial charge in [0.15, 0.2) is 0 Å². The summed E-state index contributed by atoms with van der Waals surface area (Å²) in [5.74, 6) is -2.17. The lowest BCUT2D eigenvalue weighted by Gasteiger charge is -2.11. The standard InChI is InChI=1S/C9H5N3O5S/c13-6-2-1-4(12(16)17)3-5(6)7-8(9(14)15)11-18-10-7/h1-3,13H,(H,14,15)/p-2. The molecule has 0 radical (unpaired) electrons. The van der Waals surface area contributed by atoms with Crippen LogP contribution in [0.5, 0.6) is 5.75 Å². The summed E-state index contributed by atoms with van der Waals surface area (Å²) in [4.78, 5) is 20.6. The molecule has 1 aromatic carbocycles. The Kier molecular flexibility index (Phi) is 2.90. The number of carbonyl (C=O) groups is 1. The van der Waals surface area contributed by atoms with Gasteiger partial charge in [0.25, 0.3) is 5.69 Å². The number of nitro groups is 1. The maximum atomic E-state index is 11.6. The van der Waals surface area contributed by atoms with E-state index in [-0.39, 0.29) is 16.9 Å². The predicted molar refractivity (Wildman–Crippen MR) is 55.8 cm³/mol. The second-order valence-electron chi connectivity index (χ2n) is 3.19. The van der Waals surface area contributed by atoms with Gasteiger partial charge in [0.05, 0.1) is 22.6 Å². The lowest BCUT2D eigenvalue weighted by Crippen LogP contribution is -2.23. The molecule has 0 amide bonds. The number of carboxylic acids is 1. The number of hydrogen-bond acceptors (Lipinski definition) is 8. The first-order valence-electron chi connectivity index (χ1n) is 4.50. The van der Waals surface area contributed by atoms with E-state index in [2.05, 4.69) is 8.75 Å². The fourth-order valence-electron chi connectivity index (χ4n) is 1.32. The van der Waals surface area contributed by atoms with Gasteiger partial charge >= 0.3 is 0 Å². The van der Waals surface area contributed by atoms with Crippen LogP contribution in [0.2, 0.25) is 0 Å². The smallest absolute Gasteiger partial charge is 0.270 e. The zero-order chi connectivity index (χ0) is 13.3. The van der Waals surface area contributed by atoms with E-state index in [1.807, 2.05) is 0 Å². The molecule has 0 spiro atoms. The van der Waals surface area contributed by atoms with Gasteiger partial charge in [0, 0.05) is 17.7 Å². The molecule has 0 N–H and O–H groups in total. The molecule has 9 heteroatoms. The van der Waals surface area contributed by atoms with Gasteiger partial charge in [0.1, 0.15) is 11.4 Å². The lowest BCUT2D eigenvalue weighted by molar-refractivity contribution is -0.385. The molecule has 2 rings (SSSR count). The minimum Gasteiger partial charge on any atom is -0.872 e. The highest BCUT2D eigenvalue weighted by Crippen LogP contribution is 2.31. The zero-order valence-corrected chi connectivity index (χ0v) is 9.34. The van der Waals surface area contributed by atoms with Crippen molar-refractivity contribution in [3.05, 3.63) is 34.0 Å². The number of carbonyl (C=O) groups excluding carboxylic acids is 1. The monoisotopic (exact) mass is 265 g/mol. The van der Waals surface area contributed by atoms with Crippen molar-refractivity contribution >= 4 is 23.4 Å². The van der Waals surface area contributed by atoms with Crippen LogP contribution < -0.4 is 10.2 Å². The molecule has 0 saturated carbocycles. The molecule has 0 aliphatic rings. The summed E-state index contributed by atoms with van der Waals surface area (Å²) in [6, 6.07) is 2.97. The fraction of sp³-hybridized carbons (Fsp3) is 0. The Hall–Kier alpha value is -2.55. The third-order valence-corrected chi connectivity index (χ3v) is 2.64. The van der Waals surface area contributed by atoms with Crippen LogP contribution in [0.1, 0.15) is 10.5 Å². The Morgan fingerprint density at radius 1 is 1.33 bits per heavy atom. The first kappa shape index (κ1) is 11.9. The number of hydrogen-bond donors (Lipinski definition) is 0. The van der Waals surface area contributed by atoms with Gasteiger partial charge in [-0.25, -0.2) is 0 Å². The largest absolute Gasteiger partial charge is 0.872 e. The number of aromatic nitrogens is 2. The van der Waals surface area contributed by atoms with Gasteiger partial charge in [0.2, 0.25) is 0 Å². The summed E-state index contributed by atoms with van der Waals surface area (Å²) in [6.07, 6.45) is 0. The third kappa shape index (κ3) is 1.98. The molecule has 0 atom stereocenters. The lowest BCUT2D eigenvalue weighted by atomic mass is 10.1. The average molecular weight is 265 g/mol. The fourth-order valence-corrected chi connectivity index (χ4v) is 1.87. The third-order valence-electron chi connectivity index (χ3n) is 2.11. The highest BCUT2D eigenvalue weighted by molar-refractivity contribution is 6.99. The molecule has 0 fully saturated rings. The quantitative estimate of drug-likeness (QED) is 0.542. The van der Waals surface area contributed by atoms with Crippen molar-refractivity contribution < 1.29 is 19.9 Å². The summed E-state index contributed by atoms with van der Waals surface area (Å²) in [6.45, 7) is 0. The Bertz CT molecular complexity index is 639. The minimum atomic E-state index is -1.59. The van der Waals surface area contributed by atoms with Gasteiger partial charge < -0.3 is 15.0 Å². The first-order chi connectivity index (χ1) is 8.50. The predicted octanol–water partition coefficient (Wildman–Crippen LogP) is -0.450. The molecule has 0 saturated heterocycles. The average Bonchev–Trinajstić information content (AvgIpc) is 2.78. The van der Waals surface area contributed by atoms with E-state index in [1.54, 1.807) is 0 Å². The zero-order valence-electron chi connectivity index (χ0n) is 8.52. The molecule has 8 nitrogen and oxygen atoms in total. The summed E-state index contributed by atoms with van der Waals surface area (Å²) >= 11 is 0.583. The van der Waals surface area contributed by atoms with E-state index in [0.29, 0.717) is 11.7 Å². The maximum Gasteiger partial charge on any atom is 0.270 e. The van der Waals surface area contributed by atoms with E-state index < -0.39 is 22.3 Å². The van der Waals surface area contributed by atoms with E-state index in [9.17, 15) is 25.1 Å². The molecule has 92 valence electrons. The molecule has 1 aromatic heterocycles. The van der Waals surface area contributed by atoms with Crippen LogP contribution in [0.3, 0.4) is 0 Å². The molecular weight excluding hydrogens is 262 g/mol. The van der Waals surface area contributed by atoms with Crippen molar-refractivity contribution in [2.24, 2.45) is 0 Å². The SMILES string of the molecule is O=C([O-])c1nsnc1-c1cc([N+](=O)[O-])ccc1[O-]. The topological polar surface area (TPSA) is 132 Å². The summed E-state index contributed by atoms with van der Waals surface area (Å²) < 4.78 is 7.12. The van der Waals surface area contributed by atoms with E-state index >= 15 is 0 Å². The number of nitrogens with zero attached hydrogens (tertiary/aromatic N) is 3. The molecule has 1 heterocycles.